The van der Waals surface area contributed by atoms with Crippen LogP contribution in [0.1, 0.15) is 12.0 Å². The summed E-state index contributed by atoms with van der Waals surface area (Å²) in [5.41, 5.74) is 5.56. The van der Waals surface area contributed by atoms with Gasteiger partial charge in [0.05, 0.1) is 22.6 Å². The van der Waals surface area contributed by atoms with E-state index in [-0.39, 0.29) is 16.9 Å². The van der Waals surface area contributed by atoms with Crippen molar-refractivity contribution in [1.82, 2.24) is 0 Å². The number of benzene rings is 1. The predicted octanol–water partition coefficient (Wildman–Crippen LogP) is 1.49. The fourth-order valence-corrected chi connectivity index (χ4v) is 1.95. The van der Waals surface area contributed by atoms with Crippen molar-refractivity contribution in [2.45, 2.75) is 12.5 Å². The number of nitrogens with zero attached hydrogens (tertiary/aromatic N) is 2. The summed E-state index contributed by atoms with van der Waals surface area (Å²) in [6, 6.07) is 4.93. The van der Waals surface area contributed by atoms with E-state index in [9.17, 15) is 14.9 Å². The van der Waals surface area contributed by atoms with Crippen LogP contribution in [-0.4, -0.2) is 28.9 Å². The van der Waals surface area contributed by atoms with Gasteiger partial charge in [-0.15, -0.1) is 0 Å². The van der Waals surface area contributed by atoms with Gasteiger partial charge in [0, 0.05) is 6.07 Å². The molecule has 0 spiro atoms. The predicted molar refractivity (Wildman–Crippen MR) is 77.4 cm³/mol. The molecule has 1 atom stereocenters. The molecule has 20 heavy (non-hydrogen) atoms. The maximum Gasteiger partial charge on any atom is 0.294 e. The molecule has 1 aromatic rings. The highest BCUT2D eigenvalue weighted by Gasteiger charge is 2.19. The lowest BCUT2D eigenvalue weighted by molar-refractivity contribution is -0.383. The molecule has 1 aromatic carbocycles. The average Bonchev–Trinajstić information content (AvgIpc) is 2.44. The fourth-order valence-electron chi connectivity index (χ4n) is 1.46. The molecule has 0 aromatic heterocycles. The van der Waals surface area contributed by atoms with E-state index < -0.39 is 16.9 Å². The van der Waals surface area contributed by atoms with Crippen LogP contribution in [0.3, 0.4) is 0 Å². The SMILES string of the molecule is CSCC[C@@H](N)C(=O)Nc1ccc(C#N)cc1[N+](=O)[O-]. The van der Waals surface area contributed by atoms with E-state index in [4.69, 9.17) is 11.0 Å². The summed E-state index contributed by atoms with van der Waals surface area (Å²) in [6.07, 6.45) is 2.38. The highest BCUT2D eigenvalue weighted by molar-refractivity contribution is 7.98. The number of thioether (sulfide) groups is 1. The Morgan fingerprint density at radius 1 is 1.65 bits per heavy atom. The molecule has 0 aliphatic heterocycles. The lowest BCUT2D eigenvalue weighted by atomic mass is 10.1. The molecule has 3 N–H and O–H groups in total. The van der Waals surface area contributed by atoms with Gasteiger partial charge in [0.1, 0.15) is 5.69 Å². The molecule has 106 valence electrons. The Morgan fingerprint density at radius 2 is 2.35 bits per heavy atom. The number of carbonyl (C=O) groups excluding carboxylic acids is 1. The third-order valence-corrected chi connectivity index (χ3v) is 3.20. The standard InChI is InChI=1S/C12H14N4O3S/c1-20-5-4-9(14)12(17)15-10-3-2-8(7-13)6-11(10)16(18)19/h2-3,6,9H,4-5,14H2,1H3,(H,15,17)/t9-/m1/s1. The molecule has 0 unspecified atom stereocenters. The second kappa shape index (κ2) is 7.47. The molecule has 0 saturated carbocycles. The summed E-state index contributed by atoms with van der Waals surface area (Å²) in [5.74, 6) is 0.246. The molecule has 0 saturated heterocycles. The van der Waals surface area contributed by atoms with Crippen molar-refractivity contribution in [3.63, 3.8) is 0 Å². The van der Waals surface area contributed by atoms with E-state index in [0.29, 0.717) is 6.42 Å². The number of nitrogens with one attached hydrogen (secondary N) is 1. The van der Waals surface area contributed by atoms with Crippen molar-refractivity contribution in [3.8, 4) is 6.07 Å². The minimum absolute atomic E-state index is 0.0404. The number of nitriles is 1. The van der Waals surface area contributed by atoms with Gasteiger partial charge in [-0.3, -0.25) is 14.9 Å². The van der Waals surface area contributed by atoms with Gasteiger partial charge in [0.15, 0.2) is 0 Å². The Hall–Kier alpha value is -2.11. The number of amides is 1. The summed E-state index contributed by atoms with van der Waals surface area (Å²) in [6.45, 7) is 0. The maximum absolute atomic E-state index is 11.8. The van der Waals surface area contributed by atoms with Gasteiger partial charge in [-0.2, -0.15) is 17.0 Å². The van der Waals surface area contributed by atoms with E-state index in [0.717, 1.165) is 11.8 Å². The number of anilines is 1. The summed E-state index contributed by atoms with van der Waals surface area (Å²) in [5, 5.41) is 22.1. The molecular weight excluding hydrogens is 280 g/mol. The van der Waals surface area contributed by atoms with Gasteiger partial charge in [-0.1, -0.05) is 0 Å². The number of hydrogen-bond acceptors (Lipinski definition) is 6. The van der Waals surface area contributed by atoms with Crippen LogP contribution in [0.25, 0.3) is 0 Å². The lowest BCUT2D eigenvalue weighted by Gasteiger charge is -2.11. The van der Waals surface area contributed by atoms with Gasteiger partial charge in [-0.05, 0) is 30.6 Å². The van der Waals surface area contributed by atoms with E-state index >= 15 is 0 Å². The molecule has 0 bridgehead atoms. The van der Waals surface area contributed by atoms with Crippen LogP contribution in [0.4, 0.5) is 11.4 Å². The van der Waals surface area contributed by atoms with Crippen molar-refractivity contribution in [1.29, 1.82) is 5.26 Å². The average molecular weight is 294 g/mol. The Kier molecular flexibility index (Phi) is 5.96. The van der Waals surface area contributed by atoms with Crippen LogP contribution >= 0.6 is 11.8 Å². The zero-order valence-corrected chi connectivity index (χ0v) is 11.6. The molecule has 7 nitrogen and oxygen atoms in total. The largest absolute Gasteiger partial charge is 0.320 e. The van der Waals surface area contributed by atoms with Gasteiger partial charge in [0.25, 0.3) is 5.69 Å². The maximum atomic E-state index is 11.8. The van der Waals surface area contributed by atoms with Crippen LogP contribution in [0.2, 0.25) is 0 Å². The highest BCUT2D eigenvalue weighted by Crippen LogP contribution is 2.25. The fraction of sp³-hybridized carbons (Fsp3) is 0.333. The smallest absolute Gasteiger partial charge is 0.294 e. The third-order valence-electron chi connectivity index (χ3n) is 2.55. The minimum Gasteiger partial charge on any atom is -0.320 e. The van der Waals surface area contributed by atoms with E-state index in [1.54, 1.807) is 11.8 Å². The second-order valence-corrected chi connectivity index (χ2v) is 4.96. The Morgan fingerprint density at radius 3 is 2.90 bits per heavy atom. The molecule has 1 rings (SSSR count). The first kappa shape index (κ1) is 15.9. The molecule has 8 heteroatoms. The van der Waals surface area contributed by atoms with E-state index in [2.05, 4.69) is 5.32 Å². The molecule has 0 aliphatic rings. The van der Waals surface area contributed by atoms with Crippen LogP contribution in [0.5, 0.6) is 0 Å². The minimum atomic E-state index is -0.724. The summed E-state index contributed by atoms with van der Waals surface area (Å²) in [7, 11) is 0. The quantitative estimate of drug-likeness (QED) is 0.605. The van der Waals surface area contributed by atoms with E-state index in [1.165, 1.54) is 12.1 Å². The lowest BCUT2D eigenvalue weighted by Crippen LogP contribution is -2.36. The van der Waals surface area contributed by atoms with Crippen LogP contribution in [-0.2, 0) is 4.79 Å². The highest BCUT2D eigenvalue weighted by atomic mass is 32.2. The van der Waals surface area contributed by atoms with Gasteiger partial charge < -0.3 is 11.1 Å². The van der Waals surface area contributed by atoms with Crippen molar-refractivity contribution in [2.75, 3.05) is 17.3 Å². The van der Waals surface area contributed by atoms with Crippen LogP contribution in [0.15, 0.2) is 18.2 Å². The Balaban J connectivity index is 2.89. The Labute approximate surface area is 120 Å². The number of hydrogen-bond donors (Lipinski definition) is 2. The van der Waals surface area contributed by atoms with Gasteiger partial charge >= 0.3 is 0 Å². The Bertz CT molecular complexity index is 556. The molecule has 0 heterocycles. The molecule has 0 radical (unpaired) electrons. The van der Waals surface area contributed by atoms with Crippen molar-refractivity contribution < 1.29 is 9.72 Å². The van der Waals surface area contributed by atoms with Crippen molar-refractivity contribution in [2.24, 2.45) is 5.73 Å². The van der Waals surface area contributed by atoms with Crippen LogP contribution in [0, 0.1) is 21.4 Å². The molecule has 0 fully saturated rings. The number of carbonyl (C=O) groups is 1. The van der Waals surface area contributed by atoms with Gasteiger partial charge in [-0.25, -0.2) is 0 Å². The van der Waals surface area contributed by atoms with Crippen molar-refractivity contribution >= 4 is 29.0 Å². The molecule has 1 amide bonds. The first-order valence-corrected chi connectivity index (χ1v) is 7.13. The first-order chi connectivity index (χ1) is 9.49. The zero-order chi connectivity index (χ0) is 15.1. The number of rotatable bonds is 6. The summed E-state index contributed by atoms with van der Waals surface area (Å²) in [4.78, 5) is 22.1. The van der Waals surface area contributed by atoms with E-state index in [1.807, 2.05) is 12.3 Å². The second-order valence-electron chi connectivity index (χ2n) is 3.98. The third kappa shape index (κ3) is 4.22. The number of nitro groups is 1. The zero-order valence-electron chi connectivity index (χ0n) is 10.8. The topological polar surface area (TPSA) is 122 Å². The van der Waals surface area contributed by atoms with Crippen LogP contribution < -0.4 is 11.1 Å². The number of nitrogens with two attached hydrogens (primary N) is 1. The normalized spacial score (nSPS) is 11.4. The monoisotopic (exact) mass is 294 g/mol. The molecule has 0 aliphatic carbocycles. The molecular formula is C12H14N4O3S. The summed E-state index contributed by atoms with van der Waals surface area (Å²) < 4.78 is 0. The first-order valence-electron chi connectivity index (χ1n) is 5.73. The number of nitro benzene ring substituents is 1. The van der Waals surface area contributed by atoms with Gasteiger partial charge in [0.2, 0.25) is 5.91 Å². The summed E-state index contributed by atoms with van der Waals surface area (Å²) >= 11 is 1.56. The van der Waals surface area contributed by atoms with Crippen molar-refractivity contribution in [3.05, 3.63) is 33.9 Å².